The number of carbonyl (C=O) groups excluding carboxylic acids is 1. The van der Waals surface area contributed by atoms with Gasteiger partial charge in [-0.05, 0) is 18.2 Å². The van der Waals surface area contributed by atoms with Gasteiger partial charge in [0.25, 0.3) is 5.85 Å². The van der Waals surface area contributed by atoms with Crippen LogP contribution in [0.2, 0.25) is 0 Å². The highest BCUT2D eigenvalue weighted by Gasteiger charge is 2.41. The molecule has 1 heterocycles. The number of ether oxygens (including phenoxy) is 1. The van der Waals surface area contributed by atoms with E-state index in [1.54, 1.807) is 30.4 Å². The summed E-state index contributed by atoms with van der Waals surface area (Å²) in [6.45, 7) is 3.25. The van der Waals surface area contributed by atoms with Gasteiger partial charge in [0.15, 0.2) is 5.43 Å². The van der Waals surface area contributed by atoms with Crippen molar-refractivity contribution in [3.05, 3.63) is 63.7 Å². The van der Waals surface area contributed by atoms with E-state index in [-0.39, 0.29) is 12.0 Å². The molecule has 0 radical (unpaired) electrons. The number of carbonyl (C=O) groups is 1. The summed E-state index contributed by atoms with van der Waals surface area (Å²) in [7, 11) is 0. The normalized spacial score (nSPS) is 20.0. The summed E-state index contributed by atoms with van der Waals surface area (Å²) in [5, 5.41) is 0.424. The van der Waals surface area contributed by atoms with Gasteiger partial charge >= 0.3 is 5.97 Å². The minimum absolute atomic E-state index is 0.107. The highest BCUT2D eigenvalue weighted by molar-refractivity contribution is 7.19. The maximum atomic E-state index is 15.1. The number of fused-ring (bicyclic) bond motifs is 2. The lowest BCUT2D eigenvalue weighted by atomic mass is 9.97. The first-order valence-corrected chi connectivity index (χ1v) is 7.14. The van der Waals surface area contributed by atoms with Crippen molar-refractivity contribution in [2.75, 3.05) is 0 Å². The fourth-order valence-electron chi connectivity index (χ4n) is 2.34. The zero-order chi connectivity index (χ0) is 15.0. The topological polar surface area (TPSA) is 43.4 Å². The number of benzene rings is 1. The van der Waals surface area contributed by atoms with Crippen molar-refractivity contribution in [3.8, 4) is 0 Å². The Balaban J connectivity index is 2.28. The predicted molar refractivity (Wildman–Crippen MR) is 80.8 cm³/mol. The molecule has 0 aliphatic heterocycles. The lowest BCUT2D eigenvalue weighted by molar-refractivity contribution is -0.179. The van der Waals surface area contributed by atoms with Crippen molar-refractivity contribution in [2.24, 2.45) is 0 Å². The van der Waals surface area contributed by atoms with Crippen molar-refractivity contribution >= 4 is 33.5 Å². The van der Waals surface area contributed by atoms with Crippen LogP contribution in [0.3, 0.4) is 0 Å². The molecule has 1 aliphatic rings. The number of alkyl halides is 1. The van der Waals surface area contributed by atoms with E-state index in [0.717, 1.165) is 10.8 Å². The van der Waals surface area contributed by atoms with E-state index in [1.165, 1.54) is 11.3 Å². The minimum atomic E-state index is -2.44. The molecule has 1 unspecified atom stereocenters. The van der Waals surface area contributed by atoms with Crippen LogP contribution in [0.4, 0.5) is 4.39 Å². The Morgan fingerprint density at radius 3 is 2.95 bits per heavy atom. The van der Waals surface area contributed by atoms with Gasteiger partial charge in [0.2, 0.25) is 0 Å². The molecule has 5 heteroatoms. The lowest BCUT2D eigenvalue weighted by Crippen LogP contribution is -2.34. The third kappa shape index (κ3) is 2.19. The molecule has 106 valence electrons. The van der Waals surface area contributed by atoms with E-state index in [1.807, 2.05) is 6.07 Å². The first-order valence-electron chi connectivity index (χ1n) is 6.32. The number of halogens is 1. The monoisotopic (exact) mass is 302 g/mol. The molecule has 1 aliphatic carbocycles. The van der Waals surface area contributed by atoms with Crippen LogP contribution >= 0.6 is 11.3 Å². The van der Waals surface area contributed by atoms with Gasteiger partial charge in [-0.1, -0.05) is 24.8 Å². The maximum Gasteiger partial charge on any atom is 0.333 e. The Labute approximate surface area is 124 Å². The van der Waals surface area contributed by atoms with Gasteiger partial charge in [-0.15, -0.1) is 11.3 Å². The van der Waals surface area contributed by atoms with Crippen molar-refractivity contribution in [3.63, 3.8) is 0 Å². The average Bonchev–Trinajstić information content (AvgIpc) is 2.47. The second-order valence-corrected chi connectivity index (χ2v) is 5.71. The average molecular weight is 302 g/mol. The summed E-state index contributed by atoms with van der Waals surface area (Å²) < 4.78 is 20.6. The molecule has 3 rings (SSSR count). The van der Waals surface area contributed by atoms with E-state index in [4.69, 9.17) is 4.74 Å². The smallest absolute Gasteiger partial charge is 0.333 e. The van der Waals surface area contributed by atoms with Crippen LogP contribution in [0.5, 0.6) is 0 Å². The highest BCUT2D eigenvalue weighted by Crippen LogP contribution is 2.39. The predicted octanol–water partition coefficient (Wildman–Crippen LogP) is 3.53. The molecule has 1 aromatic carbocycles. The summed E-state index contributed by atoms with van der Waals surface area (Å²) in [4.78, 5) is 24.4. The van der Waals surface area contributed by atoms with Gasteiger partial charge in [0, 0.05) is 27.5 Å². The molecular weight excluding hydrogens is 291 g/mol. The highest BCUT2D eigenvalue weighted by atomic mass is 32.1. The quantitative estimate of drug-likeness (QED) is 0.629. The summed E-state index contributed by atoms with van der Waals surface area (Å²) in [6.07, 6.45) is 3.95. The van der Waals surface area contributed by atoms with E-state index in [9.17, 15) is 9.59 Å². The Bertz CT molecular complexity index is 837. The lowest BCUT2D eigenvalue weighted by Gasteiger charge is -2.27. The van der Waals surface area contributed by atoms with Crippen molar-refractivity contribution < 1.29 is 13.9 Å². The first kappa shape index (κ1) is 13.7. The third-order valence-electron chi connectivity index (χ3n) is 3.28. The molecule has 0 N–H and O–H groups in total. The van der Waals surface area contributed by atoms with Gasteiger partial charge in [-0.3, -0.25) is 4.79 Å². The van der Waals surface area contributed by atoms with Gasteiger partial charge in [0.05, 0.1) is 5.56 Å². The van der Waals surface area contributed by atoms with Crippen molar-refractivity contribution in [2.45, 2.75) is 12.3 Å². The Hall–Kier alpha value is -2.27. The summed E-state index contributed by atoms with van der Waals surface area (Å²) in [5.41, 5.74) is -0.549. The van der Waals surface area contributed by atoms with Crippen LogP contribution in [0.15, 0.2) is 47.8 Å². The molecule has 0 spiro atoms. The van der Waals surface area contributed by atoms with Crippen LogP contribution in [0.25, 0.3) is 16.2 Å². The van der Waals surface area contributed by atoms with Crippen LogP contribution in [-0.4, -0.2) is 5.97 Å². The minimum Gasteiger partial charge on any atom is -0.420 e. The maximum absolute atomic E-state index is 15.1. The molecule has 1 atom stereocenters. The number of hydrogen-bond acceptors (Lipinski definition) is 4. The molecule has 3 nitrogen and oxygen atoms in total. The number of esters is 1. The van der Waals surface area contributed by atoms with Gasteiger partial charge in [-0.2, -0.15) is 4.39 Å². The molecule has 1 aromatic heterocycles. The number of rotatable bonds is 2. The molecule has 0 fully saturated rings. The molecule has 0 amide bonds. The molecule has 0 saturated carbocycles. The van der Waals surface area contributed by atoms with E-state index >= 15 is 4.39 Å². The van der Waals surface area contributed by atoms with E-state index in [0.29, 0.717) is 10.3 Å². The van der Waals surface area contributed by atoms with Crippen molar-refractivity contribution in [1.29, 1.82) is 0 Å². The number of hydrogen-bond donors (Lipinski definition) is 0. The van der Waals surface area contributed by atoms with E-state index in [2.05, 4.69) is 6.58 Å². The van der Waals surface area contributed by atoms with Gasteiger partial charge < -0.3 is 4.74 Å². The zero-order valence-corrected chi connectivity index (χ0v) is 11.8. The second-order valence-electron chi connectivity index (χ2n) is 4.63. The van der Waals surface area contributed by atoms with Gasteiger partial charge in [-0.25, -0.2) is 4.79 Å². The Morgan fingerprint density at radius 2 is 2.19 bits per heavy atom. The van der Waals surface area contributed by atoms with Crippen LogP contribution < -0.4 is 5.43 Å². The largest absolute Gasteiger partial charge is 0.420 e. The van der Waals surface area contributed by atoms with Crippen molar-refractivity contribution in [1.82, 2.24) is 0 Å². The van der Waals surface area contributed by atoms with Crippen LogP contribution in [-0.2, 0) is 15.4 Å². The summed E-state index contributed by atoms with van der Waals surface area (Å²) >= 11 is 1.30. The Kier molecular flexibility index (Phi) is 3.22. The summed E-state index contributed by atoms with van der Waals surface area (Å²) in [5.74, 6) is -3.33. The zero-order valence-electron chi connectivity index (χ0n) is 11.0. The second kappa shape index (κ2) is 4.93. The van der Waals surface area contributed by atoms with Crippen LogP contribution in [0.1, 0.15) is 16.9 Å². The van der Waals surface area contributed by atoms with Crippen LogP contribution in [0, 0.1) is 0 Å². The fourth-order valence-corrected chi connectivity index (χ4v) is 3.51. The molecule has 0 bridgehead atoms. The van der Waals surface area contributed by atoms with E-state index < -0.39 is 17.3 Å². The first-order chi connectivity index (χ1) is 10.0. The Morgan fingerprint density at radius 1 is 1.43 bits per heavy atom. The third-order valence-corrected chi connectivity index (χ3v) is 4.41. The fraction of sp³-hybridized carbons (Fsp3) is 0.125. The molecule has 21 heavy (non-hydrogen) atoms. The molecular formula is C16H11FO3S. The molecule has 2 aromatic rings. The molecule has 0 saturated heterocycles. The van der Waals surface area contributed by atoms with Gasteiger partial charge in [0.1, 0.15) is 0 Å². The SMILES string of the molecule is C=CC(=O)OC1(F)CC=Cc2sc3ccccc3c(=O)c21. The standard InChI is InChI=1S/C16H11FO3S/c1-2-13(18)20-16(17)9-5-8-12-14(16)15(19)10-6-3-4-7-11(10)21-12/h2-8H,1,9H2. The summed E-state index contributed by atoms with van der Waals surface area (Å²) in [6, 6.07) is 6.98.